The lowest BCUT2D eigenvalue weighted by atomic mass is 10.2. The van der Waals surface area contributed by atoms with E-state index in [9.17, 15) is 9.59 Å². The minimum Gasteiger partial charge on any atom is -0.354 e. The van der Waals surface area contributed by atoms with Gasteiger partial charge in [-0.15, -0.1) is 0 Å². The zero-order chi connectivity index (χ0) is 18.7. The minimum absolute atomic E-state index is 0.0351. The van der Waals surface area contributed by atoms with Crippen molar-refractivity contribution in [3.05, 3.63) is 52.3 Å². The molecule has 1 N–H and O–H groups in total. The molecule has 1 aliphatic rings. The van der Waals surface area contributed by atoms with Crippen molar-refractivity contribution >= 4 is 46.4 Å². The van der Waals surface area contributed by atoms with E-state index in [4.69, 9.17) is 23.2 Å². The number of hydrogen-bond acceptors (Lipinski definition) is 4. The molecule has 0 aliphatic carbocycles. The molecule has 0 atom stereocenters. The molecule has 0 radical (unpaired) electrons. The Hall–Kier alpha value is -2.31. The number of nitrogens with zero attached hydrogens (tertiary/aromatic N) is 3. The Balaban J connectivity index is 1.63. The Kier molecular flexibility index (Phi) is 5.64. The quantitative estimate of drug-likeness (QED) is 0.868. The van der Waals surface area contributed by atoms with E-state index < -0.39 is 0 Å². The van der Waals surface area contributed by atoms with Gasteiger partial charge in [0.05, 0.1) is 21.9 Å². The first-order valence-electron chi connectivity index (χ1n) is 8.17. The number of piperazine rings is 1. The van der Waals surface area contributed by atoms with Crippen LogP contribution in [0.5, 0.6) is 0 Å². The molecule has 0 unspecified atom stereocenters. The van der Waals surface area contributed by atoms with Crippen molar-refractivity contribution in [1.29, 1.82) is 0 Å². The average molecular weight is 393 g/mol. The van der Waals surface area contributed by atoms with Crippen molar-refractivity contribution in [2.45, 2.75) is 6.92 Å². The zero-order valence-electron chi connectivity index (χ0n) is 14.2. The summed E-state index contributed by atoms with van der Waals surface area (Å²) < 4.78 is 0. The highest BCUT2D eigenvalue weighted by atomic mass is 35.5. The predicted octanol–water partition coefficient (Wildman–Crippen LogP) is 3.44. The van der Waals surface area contributed by atoms with Crippen LogP contribution in [0.3, 0.4) is 0 Å². The van der Waals surface area contributed by atoms with Crippen LogP contribution in [0.15, 0.2) is 36.5 Å². The summed E-state index contributed by atoms with van der Waals surface area (Å²) in [7, 11) is 0. The number of carbonyl (C=O) groups excluding carboxylic acids is 2. The summed E-state index contributed by atoms with van der Waals surface area (Å²) in [6.45, 7) is 3.68. The van der Waals surface area contributed by atoms with Gasteiger partial charge in [0.2, 0.25) is 5.91 Å². The van der Waals surface area contributed by atoms with E-state index in [2.05, 4.69) is 10.3 Å². The normalized spacial score (nSPS) is 14.3. The Labute approximate surface area is 161 Å². The molecule has 1 aromatic carbocycles. The van der Waals surface area contributed by atoms with E-state index in [1.165, 1.54) is 0 Å². The number of aromatic nitrogens is 1. The van der Waals surface area contributed by atoms with Gasteiger partial charge < -0.3 is 15.1 Å². The SMILES string of the molecule is CC(=O)N1CCN(C(=O)c2ccc(Nc3ccc(Cl)c(Cl)c3)cn2)CC1. The van der Waals surface area contributed by atoms with E-state index in [1.807, 2.05) is 6.07 Å². The molecule has 1 aromatic heterocycles. The molecule has 1 aliphatic heterocycles. The van der Waals surface area contributed by atoms with Crippen LogP contribution < -0.4 is 5.32 Å². The van der Waals surface area contributed by atoms with Crippen LogP contribution in [-0.4, -0.2) is 52.8 Å². The molecule has 26 heavy (non-hydrogen) atoms. The standard InChI is InChI=1S/C18H18Cl2N4O2/c1-12(25)23-6-8-24(9-7-23)18(26)17-5-3-14(11-21-17)22-13-2-4-15(19)16(20)10-13/h2-5,10-11,22H,6-9H2,1H3. The van der Waals surface area contributed by atoms with Crippen LogP contribution in [0, 0.1) is 0 Å². The van der Waals surface area contributed by atoms with Gasteiger partial charge in [0.15, 0.2) is 0 Å². The summed E-state index contributed by atoms with van der Waals surface area (Å²) in [5, 5.41) is 4.11. The van der Waals surface area contributed by atoms with E-state index >= 15 is 0 Å². The first kappa shape index (κ1) is 18.5. The molecule has 0 saturated carbocycles. The summed E-state index contributed by atoms with van der Waals surface area (Å²) >= 11 is 11.9. The number of pyridine rings is 1. The molecular formula is C18H18Cl2N4O2. The van der Waals surface area contributed by atoms with Crippen LogP contribution in [0.1, 0.15) is 17.4 Å². The molecule has 0 bridgehead atoms. The highest BCUT2D eigenvalue weighted by Gasteiger charge is 2.23. The second-order valence-corrected chi connectivity index (χ2v) is 6.80. The first-order valence-corrected chi connectivity index (χ1v) is 8.92. The number of rotatable bonds is 3. The van der Waals surface area contributed by atoms with Gasteiger partial charge in [0, 0.05) is 38.8 Å². The lowest BCUT2D eigenvalue weighted by molar-refractivity contribution is -0.130. The Morgan fingerprint density at radius 3 is 2.19 bits per heavy atom. The number of amides is 2. The molecule has 0 spiro atoms. The Bertz CT molecular complexity index is 818. The number of nitrogens with one attached hydrogen (secondary N) is 1. The maximum absolute atomic E-state index is 12.5. The topological polar surface area (TPSA) is 65.5 Å². The zero-order valence-corrected chi connectivity index (χ0v) is 15.7. The smallest absolute Gasteiger partial charge is 0.272 e. The molecule has 1 saturated heterocycles. The van der Waals surface area contributed by atoms with Crippen LogP contribution in [0.4, 0.5) is 11.4 Å². The minimum atomic E-state index is -0.130. The van der Waals surface area contributed by atoms with Crippen molar-refractivity contribution in [2.24, 2.45) is 0 Å². The highest BCUT2D eigenvalue weighted by molar-refractivity contribution is 6.42. The van der Waals surface area contributed by atoms with Gasteiger partial charge in [0.1, 0.15) is 5.69 Å². The maximum Gasteiger partial charge on any atom is 0.272 e. The van der Waals surface area contributed by atoms with Crippen molar-refractivity contribution in [3.63, 3.8) is 0 Å². The van der Waals surface area contributed by atoms with Gasteiger partial charge >= 0.3 is 0 Å². The average Bonchev–Trinajstić information content (AvgIpc) is 2.65. The second-order valence-electron chi connectivity index (χ2n) is 5.98. The summed E-state index contributed by atoms with van der Waals surface area (Å²) in [6.07, 6.45) is 1.60. The molecular weight excluding hydrogens is 375 g/mol. The van der Waals surface area contributed by atoms with Gasteiger partial charge in [-0.2, -0.15) is 0 Å². The molecule has 2 amide bonds. The largest absolute Gasteiger partial charge is 0.354 e. The van der Waals surface area contributed by atoms with Crippen LogP contribution in [0.2, 0.25) is 10.0 Å². The molecule has 2 heterocycles. The Morgan fingerprint density at radius 1 is 0.962 bits per heavy atom. The fourth-order valence-electron chi connectivity index (χ4n) is 2.72. The molecule has 6 nitrogen and oxygen atoms in total. The highest BCUT2D eigenvalue weighted by Crippen LogP contribution is 2.26. The number of benzene rings is 1. The number of hydrogen-bond donors (Lipinski definition) is 1. The van der Waals surface area contributed by atoms with Gasteiger partial charge in [-0.1, -0.05) is 23.2 Å². The van der Waals surface area contributed by atoms with Gasteiger partial charge in [-0.3, -0.25) is 9.59 Å². The number of halogens is 2. The number of anilines is 2. The van der Waals surface area contributed by atoms with Crippen molar-refractivity contribution < 1.29 is 9.59 Å². The van der Waals surface area contributed by atoms with E-state index in [-0.39, 0.29) is 11.8 Å². The van der Waals surface area contributed by atoms with E-state index in [0.717, 1.165) is 11.4 Å². The first-order chi connectivity index (χ1) is 12.4. The molecule has 1 fully saturated rings. The fraction of sp³-hybridized carbons (Fsp3) is 0.278. The summed E-state index contributed by atoms with van der Waals surface area (Å²) in [6, 6.07) is 8.70. The molecule has 2 aromatic rings. The molecule has 136 valence electrons. The van der Waals surface area contributed by atoms with E-state index in [0.29, 0.717) is 41.9 Å². The third kappa shape index (κ3) is 4.26. The third-order valence-corrected chi connectivity index (χ3v) is 4.94. The monoisotopic (exact) mass is 392 g/mol. The maximum atomic E-state index is 12.5. The van der Waals surface area contributed by atoms with E-state index in [1.54, 1.807) is 47.2 Å². The van der Waals surface area contributed by atoms with Gasteiger partial charge in [0.25, 0.3) is 5.91 Å². The molecule has 3 rings (SSSR count). The lowest BCUT2D eigenvalue weighted by Gasteiger charge is -2.34. The van der Waals surface area contributed by atoms with Gasteiger partial charge in [-0.05, 0) is 30.3 Å². The fourth-order valence-corrected chi connectivity index (χ4v) is 3.02. The third-order valence-electron chi connectivity index (χ3n) is 4.20. The van der Waals surface area contributed by atoms with Crippen LogP contribution in [0.25, 0.3) is 0 Å². The summed E-state index contributed by atoms with van der Waals surface area (Å²) in [5.41, 5.74) is 1.89. The Morgan fingerprint density at radius 2 is 1.62 bits per heavy atom. The van der Waals surface area contributed by atoms with Crippen molar-refractivity contribution in [3.8, 4) is 0 Å². The second kappa shape index (κ2) is 7.93. The van der Waals surface area contributed by atoms with Crippen molar-refractivity contribution in [1.82, 2.24) is 14.8 Å². The summed E-state index contributed by atoms with van der Waals surface area (Å²) in [5.74, 6) is -0.0951. The van der Waals surface area contributed by atoms with Gasteiger partial charge in [-0.25, -0.2) is 4.98 Å². The predicted molar refractivity (Wildman–Crippen MR) is 102 cm³/mol. The lowest BCUT2D eigenvalue weighted by Crippen LogP contribution is -2.50. The van der Waals surface area contributed by atoms with Crippen LogP contribution >= 0.6 is 23.2 Å². The van der Waals surface area contributed by atoms with Crippen molar-refractivity contribution in [2.75, 3.05) is 31.5 Å². The molecule has 8 heteroatoms. The number of carbonyl (C=O) groups is 2. The van der Waals surface area contributed by atoms with Crippen LogP contribution in [-0.2, 0) is 4.79 Å². The summed E-state index contributed by atoms with van der Waals surface area (Å²) in [4.78, 5) is 31.6.